The van der Waals surface area contributed by atoms with Gasteiger partial charge in [0.15, 0.2) is 5.76 Å². The number of sulfone groups is 1. The van der Waals surface area contributed by atoms with Crippen LogP contribution in [0.1, 0.15) is 48.5 Å². The highest BCUT2D eigenvalue weighted by Crippen LogP contribution is 2.31. The molecule has 1 aliphatic carbocycles. The van der Waals surface area contributed by atoms with Crippen molar-refractivity contribution in [1.29, 1.82) is 0 Å². The zero-order valence-corrected chi connectivity index (χ0v) is 20.3. The van der Waals surface area contributed by atoms with Crippen LogP contribution < -0.4 is 0 Å². The van der Waals surface area contributed by atoms with E-state index in [1.54, 1.807) is 52.1 Å². The van der Waals surface area contributed by atoms with E-state index in [9.17, 15) is 13.2 Å². The summed E-state index contributed by atoms with van der Waals surface area (Å²) < 4.78 is 33.7. The Morgan fingerprint density at radius 2 is 2.06 bits per heavy atom. The molecule has 9 heteroatoms. The lowest BCUT2D eigenvalue weighted by molar-refractivity contribution is 0.0698. The second-order valence-corrected chi connectivity index (χ2v) is 11.4. The highest BCUT2D eigenvalue weighted by Gasteiger charge is 2.31. The molecule has 4 rings (SSSR count). The average Bonchev–Trinajstić information content (AvgIpc) is 3.21. The number of rotatable bonds is 10. The van der Waals surface area contributed by atoms with E-state index in [1.165, 1.54) is 6.26 Å². The van der Waals surface area contributed by atoms with Crippen molar-refractivity contribution < 1.29 is 17.6 Å². The molecule has 1 aliphatic rings. The predicted octanol–water partition coefficient (Wildman–Crippen LogP) is 4.81. The van der Waals surface area contributed by atoms with Crippen LogP contribution in [0, 0.1) is 11.8 Å². The predicted molar refractivity (Wildman–Crippen MR) is 126 cm³/mol. The Kier molecular flexibility index (Phi) is 6.95. The van der Waals surface area contributed by atoms with Crippen LogP contribution in [0.15, 0.2) is 58.4 Å². The Labute approximate surface area is 199 Å². The highest BCUT2D eigenvalue weighted by atomic mass is 35.5. The Morgan fingerprint density at radius 3 is 2.70 bits per heavy atom. The summed E-state index contributed by atoms with van der Waals surface area (Å²) in [7, 11) is -3.72. The first kappa shape index (κ1) is 23.6. The summed E-state index contributed by atoms with van der Waals surface area (Å²) in [5.74, 6) is 0.540. The van der Waals surface area contributed by atoms with Crippen molar-refractivity contribution >= 4 is 27.3 Å². The molecule has 1 aromatic carbocycles. The number of halogens is 1. The molecule has 0 bridgehead atoms. The molecule has 0 radical (unpaired) electrons. The lowest BCUT2D eigenvalue weighted by Gasteiger charge is -2.23. The molecule has 0 unspecified atom stereocenters. The fourth-order valence-electron chi connectivity index (χ4n) is 3.82. The topological polar surface area (TPSA) is 85.4 Å². The maximum Gasteiger partial charge on any atom is 0.289 e. The van der Waals surface area contributed by atoms with Crippen LogP contribution in [0.2, 0.25) is 5.02 Å². The molecule has 2 aromatic heterocycles. The van der Waals surface area contributed by atoms with Crippen LogP contribution >= 0.6 is 11.6 Å². The van der Waals surface area contributed by atoms with E-state index in [0.29, 0.717) is 35.3 Å². The molecule has 0 N–H and O–H groups in total. The van der Waals surface area contributed by atoms with Gasteiger partial charge in [-0.1, -0.05) is 37.6 Å². The summed E-state index contributed by atoms with van der Waals surface area (Å²) in [5, 5.41) is 0.504. The number of hydrogen-bond acceptors (Lipinski definition) is 5. The first-order valence-corrected chi connectivity index (χ1v) is 13.1. The second kappa shape index (κ2) is 9.73. The van der Waals surface area contributed by atoms with Crippen molar-refractivity contribution in [2.75, 3.05) is 6.54 Å². The Balaban J connectivity index is 1.64. The van der Waals surface area contributed by atoms with E-state index in [0.717, 1.165) is 12.8 Å². The molecule has 0 aliphatic heterocycles. The van der Waals surface area contributed by atoms with Crippen molar-refractivity contribution in [3.8, 4) is 0 Å². The van der Waals surface area contributed by atoms with E-state index in [2.05, 4.69) is 4.98 Å². The number of nitrogens with zero attached hydrogens (tertiary/aromatic N) is 3. The van der Waals surface area contributed by atoms with Crippen molar-refractivity contribution in [1.82, 2.24) is 14.5 Å². The van der Waals surface area contributed by atoms with E-state index in [4.69, 9.17) is 16.0 Å². The normalized spacial score (nSPS) is 14.1. The van der Waals surface area contributed by atoms with Gasteiger partial charge in [0.25, 0.3) is 5.91 Å². The van der Waals surface area contributed by atoms with Gasteiger partial charge in [0.2, 0.25) is 15.0 Å². The van der Waals surface area contributed by atoms with Gasteiger partial charge in [-0.05, 0) is 54.5 Å². The van der Waals surface area contributed by atoms with Crippen LogP contribution in [0.25, 0.3) is 0 Å². The zero-order valence-electron chi connectivity index (χ0n) is 18.8. The Bertz CT molecular complexity index is 1210. The molecule has 7 nitrogen and oxygen atoms in total. The molecule has 0 saturated heterocycles. The summed E-state index contributed by atoms with van der Waals surface area (Å²) in [6.07, 6.45) is 5.23. The summed E-state index contributed by atoms with van der Waals surface area (Å²) in [6.45, 7) is 5.39. The van der Waals surface area contributed by atoms with Gasteiger partial charge in [0.1, 0.15) is 0 Å². The standard InChI is InChI=1S/C24H28ClN3O4S/c1-17(2)13-28-21(15-27(14-18-8-9-18)23(29)22-7-4-10-32-22)12-26-24(28)33(30,31)16-19-5-3-6-20(25)11-19/h3-7,10-12,17-18H,8-9,13-16H2,1-2H3. The average molecular weight is 490 g/mol. The number of imidazole rings is 1. The van der Waals surface area contributed by atoms with Gasteiger partial charge in [0.05, 0.1) is 30.5 Å². The van der Waals surface area contributed by atoms with Gasteiger partial charge in [-0.25, -0.2) is 13.4 Å². The molecule has 1 saturated carbocycles. The number of amides is 1. The lowest BCUT2D eigenvalue weighted by Crippen LogP contribution is -2.33. The van der Waals surface area contributed by atoms with E-state index < -0.39 is 9.84 Å². The number of carbonyl (C=O) groups excluding carboxylic acids is 1. The Morgan fingerprint density at radius 1 is 1.27 bits per heavy atom. The number of carbonyl (C=O) groups is 1. The summed E-state index contributed by atoms with van der Waals surface area (Å²) in [6, 6.07) is 10.2. The molecule has 0 atom stereocenters. The zero-order chi connectivity index (χ0) is 23.6. The van der Waals surface area contributed by atoms with Crippen LogP contribution in [0.3, 0.4) is 0 Å². The minimum absolute atomic E-state index is 0.0167. The second-order valence-electron chi connectivity index (χ2n) is 9.03. The molecule has 0 spiro atoms. The minimum atomic E-state index is -3.72. The monoisotopic (exact) mass is 489 g/mol. The van der Waals surface area contributed by atoms with Crippen LogP contribution in [-0.2, 0) is 28.7 Å². The SMILES string of the molecule is CC(C)Cn1c(CN(CC2CC2)C(=O)c2ccco2)cnc1S(=O)(=O)Cc1cccc(Cl)c1. The summed E-state index contributed by atoms with van der Waals surface area (Å²) >= 11 is 6.04. The minimum Gasteiger partial charge on any atom is -0.459 e. The molecule has 2 heterocycles. The molecule has 176 valence electrons. The number of benzene rings is 1. The van der Waals surface area contributed by atoms with Crippen LogP contribution in [0.4, 0.5) is 0 Å². The number of furan rings is 1. The third-order valence-electron chi connectivity index (χ3n) is 5.52. The molecule has 1 fully saturated rings. The van der Waals surface area contributed by atoms with Crippen LogP contribution in [0.5, 0.6) is 0 Å². The Hall–Kier alpha value is -2.58. The highest BCUT2D eigenvalue weighted by molar-refractivity contribution is 7.90. The fourth-order valence-corrected chi connectivity index (χ4v) is 5.52. The smallest absolute Gasteiger partial charge is 0.289 e. The maximum absolute atomic E-state index is 13.3. The van der Waals surface area contributed by atoms with Crippen molar-refractivity contribution in [2.45, 2.75) is 50.7 Å². The van der Waals surface area contributed by atoms with Gasteiger partial charge >= 0.3 is 0 Å². The molecular weight excluding hydrogens is 462 g/mol. The quantitative estimate of drug-likeness (QED) is 0.408. The molecule has 3 aromatic rings. The van der Waals surface area contributed by atoms with E-state index in [1.807, 2.05) is 13.8 Å². The fraction of sp³-hybridized carbons (Fsp3) is 0.417. The number of aromatic nitrogens is 2. The summed E-state index contributed by atoms with van der Waals surface area (Å²) in [4.78, 5) is 19.1. The molecule has 1 amide bonds. The third kappa shape index (κ3) is 5.86. The van der Waals surface area contributed by atoms with E-state index in [-0.39, 0.29) is 35.0 Å². The number of hydrogen-bond donors (Lipinski definition) is 0. The van der Waals surface area contributed by atoms with Gasteiger partial charge < -0.3 is 13.9 Å². The molecular formula is C24H28ClN3O4S. The maximum atomic E-state index is 13.3. The van der Waals surface area contributed by atoms with E-state index >= 15 is 0 Å². The van der Waals surface area contributed by atoms with Crippen LogP contribution in [-0.4, -0.2) is 35.3 Å². The van der Waals surface area contributed by atoms with Crippen molar-refractivity contribution in [3.63, 3.8) is 0 Å². The van der Waals surface area contributed by atoms with Crippen molar-refractivity contribution in [3.05, 3.63) is 70.9 Å². The van der Waals surface area contributed by atoms with Crippen molar-refractivity contribution in [2.24, 2.45) is 11.8 Å². The van der Waals surface area contributed by atoms with Gasteiger partial charge in [-0.15, -0.1) is 0 Å². The van der Waals surface area contributed by atoms with Gasteiger partial charge in [0, 0.05) is 18.1 Å². The lowest BCUT2D eigenvalue weighted by atomic mass is 10.2. The summed E-state index contributed by atoms with van der Waals surface area (Å²) in [5.41, 5.74) is 1.29. The third-order valence-corrected chi connectivity index (χ3v) is 7.35. The molecule has 33 heavy (non-hydrogen) atoms. The first-order valence-electron chi connectivity index (χ1n) is 11.1. The largest absolute Gasteiger partial charge is 0.459 e. The van der Waals surface area contributed by atoms with Gasteiger partial charge in [-0.2, -0.15) is 0 Å². The van der Waals surface area contributed by atoms with Gasteiger partial charge in [-0.3, -0.25) is 4.79 Å². The first-order chi connectivity index (χ1) is 15.7.